The van der Waals surface area contributed by atoms with Crippen LogP contribution in [0, 0.1) is 0 Å². The Morgan fingerprint density at radius 2 is 1.56 bits per heavy atom. The summed E-state index contributed by atoms with van der Waals surface area (Å²) in [7, 11) is 1.79. The van der Waals surface area contributed by atoms with Crippen LogP contribution in [0.4, 0.5) is 0 Å². The van der Waals surface area contributed by atoms with Crippen LogP contribution in [0.1, 0.15) is 96.7 Å². The summed E-state index contributed by atoms with van der Waals surface area (Å²) in [5, 5.41) is 3.51. The van der Waals surface area contributed by atoms with Crippen LogP contribution in [0.5, 0.6) is 5.75 Å². The van der Waals surface area contributed by atoms with Crippen LogP contribution in [0.15, 0.2) is 17.5 Å². The number of rotatable bonds is 6. The van der Waals surface area contributed by atoms with Crippen molar-refractivity contribution in [3.05, 3.63) is 33.6 Å². The monoisotopic (exact) mass is 387 g/mol. The maximum Gasteiger partial charge on any atom is 0.126 e. The third-order valence-electron chi connectivity index (χ3n) is 5.21. The van der Waals surface area contributed by atoms with Crippen LogP contribution < -0.4 is 4.74 Å². The first-order valence-electron chi connectivity index (χ1n) is 10.2. The molecule has 0 aliphatic heterocycles. The van der Waals surface area contributed by atoms with Gasteiger partial charge in [-0.05, 0) is 35.8 Å². The highest BCUT2D eigenvalue weighted by Crippen LogP contribution is 2.43. The number of hydrogen-bond acceptors (Lipinski definition) is 3. The zero-order valence-corrected chi connectivity index (χ0v) is 19.5. The van der Waals surface area contributed by atoms with Crippen molar-refractivity contribution in [1.29, 1.82) is 0 Å². The van der Waals surface area contributed by atoms with Crippen molar-refractivity contribution in [2.24, 2.45) is 0 Å². The van der Waals surface area contributed by atoms with E-state index in [4.69, 9.17) is 9.72 Å². The smallest absolute Gasteiger partial charge is 0.126 e. The molecule has 1 unspecified atom stereocenters. The minimum atomic E-state index is 0.00830. The predicted octanol–water partition coefficient (Wildman–Crippen LogP) is 7.71. The van der Waals surface area contributed by atoms with Crippen molar-refractivity contribution in [2.75, 3.05) is 7.11 Å². The molecular weight excluding hydrogens is 350 g/mol. The Kier molecular flexibility index (Phi) is 6.78. The lowest BCUT2D eigenvalue weighted by Crippen LogP contribution is -2.19. The quantitative estimate of drug-likeness (QED) is 0.506. The summed E-state index contributed by atoms with van der Waals surface area (Å²) >= 11 is 1.81. The highest BCUT2D eigenvalue weighted by molar-refractivity contribution is 7.10. The molecule has 0 bridgehead atoms. The molecule has 0 N–H and O–H groups in total. The van der Waals surface area contributed by atoms with E-state index in [0.717, 1.165) is 17.9 Å². The first kappa shape index (κ1) is 21.9. The lowest BCUT2D eigenvalue weighted by Gasteiger charge is -2.29. The van der Waals surface area contributed by atoms with Crippen LogP contribution in [0.25, 0.3) is 11.3 Å². The van der Waals surface area contributed by atoms with Crippen LogP contribution in [0.3, 0.4) is 0 Å². The number of methoxy groups -OCH3 is 1. The molecule has 0 saturated heterocycles. The number of ether oxygens (including phenoxy) is 1. The lowest BCUT2D eigenvalue weighted by atomic mass is 9.78. The Morgan fingerprint density at radius 1 is 1.00 bits per heavy atom. The van der Waals surface area contributed by atoms with Gasteiger partial charge in [0.25, 0.3) is 0 Å². The molecular formula is C24H37NOS. The average Bonchev–Trinajstić information content (AvgIpc) is 3.06. The highest BCUT2D eigenvalue weighted by Gasteiger charge is 2.28. The summed E-state index contributed by atoms with van der Waals surface area (Å²) in [5.74, 6) is 1.60. The number of nitrogens with zero attached hydrogens (tertiary/aromatic N) is 1. The molecule has 27 heavy (non-hydrogen) atoms. The summed E-state index contributed by atoms with van der Waals surface area (Å²) in [6, 6.07) is 4.57. The van der Waals surface area contributed by atoms with E-state index in [9.17, 15) is 0 Å². The molecule has 0 fully saturated rings. The van der Waals surface area contributed by atoms with Gasteiger partial charge < -0.3 is 4.74 Å². The van der Waals surface area contributed by atoms with Crippen molar-refractivity contribution >= 4 is 11.3 Å². The average molecular weight is 388 g/mol. The zero-order valence-electron chi connectivity index (χ0n) is 18.7. The third-order valence-corrected chi connectivity index (χ3v) is 6.21. The molecule has 1 atom stereocenters. The second-order valence-corrected chi connectivity index (χ2v) is 10.5. The van der Waals surface area contributed by atoms with Gasteiger partial charge in [0.1, 0.15) is 5.75 Å². The molecule has 0 amide bonds. The number of benzene rings is 1. The molecule has 3 heteroatoms. The fourth-order valence-electron chi connectivity index (χ4n) is 3.57. The van der Waals surface area contributed by atoms with E-state index in [2.05, 4.69) is 72.9 Å². The molecule has 0 spiro atoms. The molecule has 0 aliphatic carbocycles. The molecule has 0 aliphatic rings. The van der Waals surface area contributed by atoms with Gasteiger partial charge in [0.2, 0.25) is 0 Å². The van der Waals surface area contributed by atoms with Crippen molar-refractivity contribution in [3.63, 3.8) is 0 Å². The first-order chi connectivity index (χ1) is 12.5. The summed E-state index contributed by atoms with van der Waals surface area (Å²) in [4.78, 5) is 5.05. The zero-order chi connectivity index (χ0) is 20.4. The Hall–Kier alpha value is -1.35. The number of thiazole rings is 1. The fourth-order valence-corrected chi connectivity index (χ4v) is 4.62. The van der Waals surface area contributed by atoms with Crippen LogP contribution >= 0.6 is 11.3 Å². The highest BCUT2D eigenvalue weighted by atomic mass is 32.1. The molecule has 1 heterocycles. The Balaban J connectivity index is 2.63. The van der Waals surface area contributed by atoms with Crippen molar-refractivity contribution in [3.8, 4) is 17.0 Å². The van der Waals surface area contributed by atoms with Crippen molar-refractivity contribution in [1.82, 2.24) is 4.98 Å². The fraction of sp³-hybridized carbons (Fsp3) is 0.625. The molecule has 1 aromatic carbocycles. The van der Waals surface area contributed by atoms with E-state index in [1.165, 1.54) is 34.5 Å². The minimum absolute atomic E-state index is 0.00830. The molecule has 2 rings (SSSR count). The van der Waals surface area contributed by atoms with Gasteiger partial charge in [0.15, 0.2) is 0 Å². The second-order valence-electron chi connectivity index (χ2n) is 9.57. The van der Waals surface area contributed by atoms with E-state index >= 15 is 0 Å². The van der Waals surface area contributed by atoms with Crippen LogP contribution in [-0.2, 0) is 10.8 Å². The minimum Gasteiger partial charge on any atom is -0.496 e. The summed E-state index contributed by atoms with van der Waals surface area (Å²) in [6.45, 7) is 18.0. The van der Waals surface area contributed by atoms with Gasteiger partial charge in [0.05, 0.1) is 17.8 Å². The van der Waals surface area contributed by atoms with Gasteiger partial charge in [-0.15, -0.1) is 11.3 Å². The topological polar surface area (TPSA) is 22.1 Å². The van der Waals surface area contributed by atoms with Gasteiger partial charge in [-0.2, -0.15) is 0 Å². The molecule has 0 radical (unpaired) electrons. The van der Waals surface area contributed by atoms with Crippen molar-refractivity contribution < 1.29 is 4.74 Å². The second kappa shape index (κ2) is 8.34. The molecule has 2 nitrogen and oxygen atoms in total. The van der Waals surface area contributed by atoms with Crippen LogP contribution in [-0.4, -0.2) is 12.1 Å². The maximum absolute atomic E-state index is 5.90. The van der Waals surface area contributed by atoms with E-state index in [-0.39, 0.29) is 10.8 Å². The first-order valence-corrected chi connectivity index (χ1v) is 11.1. The van der Waals surface area contributed by atoms with Gasteiger partial charge >= 0.3 is 0 Å². The van der Waals surface area contributed by atoms with Crippen LogP contribution in [0.2, 0.25) is 0 Å². The molecule has 1 aromatic heterocycles. The number of hydrogen-bond donors (Lipinski definition) is 0. The van der Waals surface area contributed by atoms with Gasteiger partial charge in [-0.25, -0.2) is 4.98 Å². The largest absolute Gasteiger partial charge is 0.496 e. The predicted molar refractivity (Wildman–Crippen MR) is 119 cm³/mol. The third kappa shape index (κ3) is 4.93. The van der Waals surface area contributed by atoms with E-state index < -0.39 is 0 Å². The van der Waals surface area contributed by atoms with E-state index in [0.29, 0.717) is 5.92 Å². The van der Waals surface area contributed by atoms with Gasteiger partial charge in [0, 0.05) is 28.0 Å². The standard InChI is InChI=1S/C24H37NOS/c1-10-12-16(11-2)22-25-20(15-27-22)17-13-18(23(3,4)5)21(26-9)19(14-17)24(6,7)8/h13-16H,10-12H2,1-9H3. The van der Waals surface area contributed by atoms with Gasteiger partial charge in [-0.3, -0.25) is 0 Å². The summed E-state index contributed by atoms with van der Waals surface area (Å²) in [6.07, 6.45) is 3.58. The SMILES string of the molecule is CCCC(CC)c1nc(-c2cc(C(C)(C)C)c(OC)c(C(C)(C)C)c2)cs1. The van der Waals surface area contributed by atoms with E-state index in [1.54, 1.807) is 7.11 Å². The summed E-state index contributed by atoms with van der Waals surface area (Å²) in [5.41, 5.74) is 4.83. The Labute approximate surface area is 170 Å². The summed E-state index contributed by atoms with van der Waals surface area (Å²) < 4.78 is 5.90. The Bertz CT molecular complexity index is 726. The Morgan fingerprint density at radius 3 is 1.96 bits per heavy atom. The van der Waals surface area contributed by atoms with Crippen molar-refractivity contribution in [2.45, 2.75) is 91.4 Å². The molecule has 2 aromatic rings. The molecule has 150 valence electrons. The van der Waals surface area contributed by atoms with E-state index in [1.807, 2.05) is 11.3 Å². The lowest BCUT2D eigenvalue weighted by molar-refractivity contribution is 0.381. The normalized spacial score (nSPS) is 13.7. The molecule has 0 saturated carbocycles. The van der Waals surface area contributed by atoms with Gasteiger partial charge in [-0.1, -0.05) is 61.8 Å². The number of aromatic nitrogens is 1. The maximum atomic E-state index is 5.90.